The van der Waals surface area contributed by atoms with Crippen LogP contribution in [0.25, 0.3) is 0 Å². The van der Waals surface area contributed by atoms with Gasteiger partial charge in [0.25, 0.3) is 0 Å². The molecular weight excluding hydrogens is 264 g/mol. The van der Waals surface area contributed by atoms with Crippen LogP contribution in [0.3, 0.4) is 0 Å². The molecule has 0 bridgehead atoms. The molecule has 0 saturated carbocycles. The van der Waals surface area contributed by atoms with Crippen LogP contribution in [0.2, 0.25) is 0 Å². The first-order chi connectivity index (χ1) is 10.2. The lowest BCUT2D eigenvalue weighted by atomic mass is 10.1. The van der Waals surface area contributed by atoms with Gasteiger partial charge in [-0.05, 0) is 44.9 Å². The number of rotatable bonds is 3. The molecule has 0 amide bonds. The fourth-order valence-corrected chi connectivity index (χ4v) is 3.33. The predicted octanol–water partition coefficient (Wildman–Crippen LogP) is 1.85. The number of nitrogens with one attached hydrogen (secondary N) is 1. The van der Waals surface area contributed by atoms with Crippen LogP contribution in [0.5, 0.6) is 0 Å². The lowest BCUT2D eigenvalue weighted by molar-refractivity contribution is -0.0416. The highest BCUT2D eigenvalue weighted by Gasteiger charge is 2.32. The highest BCUT2D eigenvalue weighted by molar-refractivity contribution is 5.56. The molecule has 0 aromatic carbocycles. The molecule has 2 unspecified atom stereocenters. The van der Waals surface area contributed by atoms with E-state index < -0.39 is 0 Å². The number of nitrogens with zero attached hydrogens (tertiary/aromatic N) is 3. The summed E-state index contributed by atoms with van der Waals surface area (Å²) in [5.74, 6) is 0.683. The second-order valence-corrected chi connectivity index (χ2v) is 6.04. The van der Waals surface area contributed by atoms with E-state index in [1.807, 2.05) is 19.9 Å². The van der Waals surface area contributed by atoms with Crippen molar-refractivity contribution < 1.29 is 4.74 Å². The van der Waals surface area contributed by atoms with E-state index in [-0.39, 0.29) is 6.10 Å². The zero-order chi connectivity index (χ0) is 14.8. The summed E-state index contributed by atoms with van der Waals surface area (Å²) in [5.41, 5.74) is 2.53. The third-order valence-electron chi connectivity index (χ3n) is 4.42. The molecule has 3 heterocycles. The minimum Gasteiger partial charge on any atom is -0.373 e. The van der Waals surface area contributed by atoms with Gasteiger partial charge >= 0.3 is 0 Å². The van der Waals surface area contributed by atoms with Crippen molar-refractivity contribution in [2.24, 2.45) is 0 Å². The Hall–Kier alpha value is -1.64. The van der Waals surface area contributed by atoms with E-state index in [2.05, 4.69) is 21.3 Å². The molecule has 2 aliphatic rings. The van der Waals surface area contributed by atoms with Gasteiger partial charge in [0, 0.05) is 24.8 Å². The summed E-state index contributed by atoms with van der Waals surface area (Å²) in [7, 11) is 0. The number of pyridine rings is 1. The zero-order valence-corrected chi connectivity index (χ0v) is 12.7. The quantitative estimate of drug-likeness (QED) is 0.919. The van der Waals surface area contributed by atoms with Gasteiger partial charge in [-0.25, -0.2) is 4.98 Å². The third-order valence-corrected chi connectivity index (χ3v) is 4.42. The number of morpholine rings is 1. The second kappa shape index (κ2) is 6.00. The minimum atomic E-state index is 0.175. The normalized spacial score (nSPS) is 25.4. The molecule has 1 N–H and O–H groups in total. The van der Waals surface area contributed by atoms with Gasteiger partial charge in [0.2, 0.25) is 0 Å². The van der Waals surface area contributed by atoms with Crippen molar-refractivity contribution in [1.82, 2.24) is 9.88 Å². The molecule has 1 aromatic heterocycles. The fourth-order valence-electron chi connectivity index (χ4n) is 3.33. The highest BCUT2D eigenvalue weighted by atomic mass is 16.5. The first-order valence-corrected chi connectivity index (χ1v) is 7.65. The molecule has 2 saturated heterocycles. The van der Waals surface area contributed by atoms with E-state index in [4.69, 9.17) is 4.74 Å². The van der Waals surface area contributed by atoms with Gasteiger partial charge < -0.3 is 10.1 Å². The molecule has 5 nitrogen and oxygen atoms in total. The zero-order valence-electron chi connectivity index (χ0n) is 12.7. The summed E-state index contributed by atoms with van der Waals surface area (Å²) in [6.45, 7) is 7.60. The molecular formula is C16H22N4O. The molecule has 0 radical (unpaired) electrons. The number of nitriles is 1. The molecule has 21 heavy (non-hydrogen) atoms. The lowest BCUT2D eigenvalue weighted by Gasteiger charge is -2.35. The van der Waals surface area contributed by atoms with Gasteiger partial charge in [-0.15, -0.1) is 0 Å². The predicted molar refractivity (Wildman–Crippen MR) is 81.3 cm³/mol. The van der Waals surface area contributed by atoms with Crippen molar-refractivity contribution in [3.05, 3.63) is 22.9 Å². The topological polar surface area (TPSA) is 61.2 Å². The van der Waals surface area contributed by atoms with Crippen LogP contribution < -0.4 is 5.32 Å². The van der Waals surface area contributed by atoms with Crippen LogP contribution in [0.15, 0.2) is 6.07 Å². The Morgan fingerprint density at radius 2 is 2.38 bits per heavy atom. The number of ether oxygens (including phenoxy) is 1. The Kier molecular flexibility index (Phi) is 4.09. The summed E-state index contributed by atoms with van der Waals surface area (Å²) < 4.78 is 5.93. The summed E-state index contributed by atoms with van der Waals surface area (Å²) in [6, 6.07) is 4.80. The Morgan fingerprint density at radius 3 is 3.19 bits per heavy atom. The smallest absolute Gasteiger partial charge is 0.144 e. The van der Waals surface area contributed by atoms with Crippen molar-refractivity contribution >= 4 is 5.82 Å². The van der Waals surface area contributed by atoms with Crippen LogP contribution >= 0.6 is 0 Å². The van der Waals surface area contributed by atoms with Crippen molar-refractivity contribution in [2.75, 3.05) is 31.6 Å². The number of anilines is 1. The second-order valence-electron chi connectivity index (χ2n) is 6.04. The molecule has 3 rings (SSSR count). The third kappa shape index (κ3) is 3.02. The first-order valence-electron chi connectivity index (χ1n) is 7.65. The van der Waals surface area contributed by atoms with Crippen molar-refractivity contribution in [1.29, 1.82) is 5.26 Å². The van der Waals surface area contributed by atoms with E-state index in [0.29, 0.717) is 24.0 Å². The fraction of sp³-hybridized carbons (Fsp3) is 0.625. The maximum absolute atomic E-state index is 9.28. The minimum absolute atomic E-state index is 0.175. The van der Waals surface area contributed by atoms with Crippen LogP contribution in [0.4, 0.5) is 5.82 Å². The van der Waals surface area contributed by atoms with Crippen molar-refractivity contribution in [2.45, 2.75) is 38.8 Å². The number of aromatic nitrogens is 1. The van der Waals surface area contributed by atoms with Gasteiger partial charge in [-0.3, -0.25) is 4.90 Å². The maximum Gasteiger partial charge on any atom is 0.144 e. The molecule has 112 valence electrons. The Labute approximate surface area is 125 Å². The van der Waals surface area contributed by atoms with Gasteiger partial charge in [0.15, 0.2) is 0 Å². The van der Waals surface area contributed by atoms with Gasteiger partial charge in [-0.1, -0.05) is 0 Å². The molecule has 1 aromatic rings. The summed E-state index contributed by atoms with van der Waals surface area (Å²) in [6.07, 6.45) is 2.72. The van der Waals surface area contributed by atoms with Crippen LogP contribution in [0.1, 0.15) is 29.7 Å². The monoisotopic (exact) mass is 286 g/mol. The molecule has 2 fully saturated rings. The van der Waals surface area contributed by atoms with Gasteiger partial charge in [0.1, 0.15) is 11.9 Å². The first kappa shape index (κ1) is 14.3. The number of fused-ring (bicyclic) bond motifs is 1. The van der Waals surface area contributed by atoms with Gasteiger partial charge in [-0.2, -0.15) is 5.26 Å². The van der Waals surface area contributed by atoms with Crippen LogP contribution in [-0.2, 0) is 4.74 Å². The summed E-state index contributed by atoms with van der Waals surface area (Å²) >= 11 is 0. The maximum atomic E-state index is 9.28. The molecule has 0 spiro atoms. The van der Waals surface area contributed by atoms with Crippen molar-refractivity contribution in [3.63, 3.8) is 0 Å². The van der Waals surface area contributed by atoms with E-state index >= 15 is 0 Å². The Bertz CT molecular complexity index is 566. The largest absolute Gasteiger partial charge is 0.373 e. The average Bonchev–Trinajstić information content (AvgIpc) is 2.92. The van der Waals surface area contributed by atoms with Crippen LogP contribution in [-0.4, -0.2) is 48.3 Å². The Morgan fingerprint density at radius 1 is 1.52 bits per heavy atom. The standard InChI is InChI=1S/C16H22N4O/c1-11-6-12(2)19-16(15(11)7-17)18-8-14-9-20-5-3-4-13(20)10-21-14/h6,13-14H,3-5,8-10H2,1-2H3,(H,18,19). The molecule has 0 aliphatic carbocycles. The summed E-state index contributed by atoms with van der Waals surface area (Å²) in [5, 5.41) is 12.6. The van der Waals surface area contributed by atoms with E-state index in [9.17, 15) is 5.26 Å². The SMILES string of the molecule is Cc1cc(C)c(C#N)c(NCC2CN3CCCC3CO2)n1. The van der Waals surface area contributed by atoms with Crippen molar-refractivity contribution in [3.8, 4) is 6.07 Å². The lowest BCUT2D eigenvalue weighted by Crippen LogP contribution is -2.48. The van der Waals surface area contributed by atoms with E-state index in [1.54, 1.807) is 0 Å². The summed E-state index contributed by atoms with van der Waals surface area (Å²) in [4.78, 5) is 6.98. The number of aryl methyl sites for hydroxylation is 2. The molecule has 2 atom stereocenters. The Balaban J connectivity index is 1.64. The van der Waals surface area contributed by atoms with E-state index in [1.165, 1.54) is 19.4 Å². The van der Waals surface area contributed by atoms with Crippen LogP contribution in [0, 0.1) is 25.2 Å². The van der Waals surface area contributed by atoms with E-state index in [0.717, 1.165) is 24.4 Å². The number of hydrogen-bond acceptors (Lipinski definition) is 5. The molecule has 2 aliphatic heterocycles. The highest BCUT2D eigenvalue weighted by Crippen LogP contribution is 2.23. The number of hydrogen-bond donors (Lipinski definition) is 1. The van der Waals surface area contributed by atoms with Gasteiger partial charge in [0.05, 0.1) is 18.3 Å². The molecule has 5 heteroatoms. The average molecular weight is 286 g/mol.